The standard InChI is InChI=1S/C17H15N3O7/c1-27-17(22)15(10-11-2-6-13(7-3-11)19(23)24)18-16(21)12-4-8-14(9-5-12)20(25)26/h2-9,15H,10H2,1H3,(H,18,21). The Bertz CT molecular complexity index is 863. The van der Waals surface area contributed by atoms with E-state index in [1.165, 1.54) is 55.6 Å². The average molecular weight is 373 g/mol. The quantitative estimate of drug-likeness (QED) is 0.444. The average Bonchev–Trinajstić information content (AvgIpc) is 2.67. The smallest absolute Gasteiger partial charge is 0.328 e. The van der Waals surface area contributed by atoms with E-state index in [2.05, 4.69) is 10.1 Å². The van der Waals surface area contributed by atoms with Crippen molar-refractivity contribution in [2.24, 2.45) is 0 Å². The molecule has 0 aliphatic carbocycles. The third-order valence-corrected chi connectivity index (χ3v) is 3.72. The molecule has 0 aromatic heterocycles. The molecule has 10 heteroatoms. The minimum absolute atomic E-state index is 0.0589. The summed E-state index contributed by atoms with van der Waals surface area (Å²) in [5.41, 5.74) is 0.462. The Morgan fingerprint density at radius 2 is 1.44 bits per heavy atom. The lowest BCUT2D eigenvalue weighted by Crippen LogP contribution is -2.43. The predicted molar refractivity (Wildman–Crippen MR) is 93.2 cm³/mol. The highest BCUT2D eigenvalue weighted by Crippen LogP contribution is 2.15. The van der Waals surface area contributed by atoms with Gasteiger partial charge in [-0.3, -0.25) is 25.0 Å². The number of nitro benzene ring substituents is 2. The highest BCUT2D eigenvalue weighted by atomic mass is 16.6. The number of rotatable bonds is 7. The number of carbonyl (C=O) groups is 2. The van der Waals surface area contributed by atoms with Crippen molar-refractivity contribution in [2.75, 3.05) is 7.11 Å². The number of methoxy groups -OCH3 is 1. The van der Waals surface area contributed by atoms with Gasteiger partial charge in [-0.25, -0.2) is 4.79 Å². The summed E-state index contributed by atoms with van der Waals surface area (Å²) in [5.74, 6) is -1.30. The maximum Gasteiger partial charge on any atom is 0.328 e. The fourth-order valence-electron chi connectivity index (χ4n) is 2.30. The molecule has 2 rings (SSSR count). The van der Waals surface area contributed by atoms with Crippen LogP contribution in [-0.2, 0) is 16.0 Å². The summed E-state index contributed by atoms with van der Waals surface area (Å²) >= 11 is 0. The van der Waals surface area contributed by atoms with Gasteiger partial charge in [-0.05, 0) is 17.7 Å². The van der Waals surface area contributed by atoms with Crippen molar-refractivity contribution in [3.05, 3.63) is 79.9 Å². The van der Waals surface area contributed by atoms with Gasteiger partial charge in [-0.2, -0.15) is 0 Å². The van der Waals surface area contributed by atoms with Crippen molar-refractivity contribution < 1.29 is 24.2 Å². The number of hydrogen-bond acceptors (Lipinski definition) is 7. The molecule has 0 heterocycles. The number of nitrogens with zero attached hydrogens (tertiary/aromatic N) is 2. The Hall–Kier alpha value is -3.82. The van der Waals surface area contributed by atoms with Gasteiger partial charge < -0.3 is 10.1 Å². The first-order valence-electron chi connectivity index (χ1n) is 7.68. The molecule has 0 aliphatic rings. The number of nitro groups is 2. The summed E-state index contributed by atoms with van der Waals surface area (Å²) in [7, 11) is 1.17. The SMILES string of the molecule is COC(=O)C(Cc1ccc([N+](=O)[O-])cc1)NC(=O)c1ccc([N+](=O)[O-])cc1. The maximum atomic E-state index is 12.3. The van der Waals surface area contributed by atoms with E-state index in [0.29, 0.717) is 5.56 Å². The zero-order chi connectivity index (χ0) is 20.0. The number of hydrogen-bond donors (Lipinski definition) is 1. The summed E-state index contributed by atoms with van der Waals surface area (Å²) in [6, 6.07) is 9.42. The van der Waals surface area contributed by atoms with Gasteiger partial charge in [0.2, 0.25) is 0 Å². The van der Waals surface area contributed by atoms with Crippen LogP contribution in [0.4, 0.5) is 11.4 Å². The topological polar surface area (TPSA) is 142 Å². The lowest BCUT2D eigenvalue weighted by molar-refractivity contribution is -0.385. The van der Waals surface area contributed by atoms with E-state index in [0.717, 1.165) is 0 Å². The number of nitrogens with one attached hydrogen (secondary N) is 1. The predicted octanol–water partition coefficient (Wildman–Crippen LogP) is 2.02. The van der Waals surface area contributed by atoms with Gasteiger partial charge in [-0.1, -0.05) is 12.1 Å². The van der Waals surface area contributed by atoms with E-state index in [1.54, 1.807) is 0 Å². The Kier molecular flexibility index (Phi) is 6.15. The minimum Gasteiger partial charge on any atom is -0.467 e. The Morgan fingerprint density at radius 3 is 1.89 bits per heavy atom. The summed E-state index contributed by atoms with van der Waals surface area (Å²) in [5, 5.41) is 23.9. The molecule has 2 aromatic rings. The second-order valence-electron chi connectivity index (χ2n) is 5.48. The molecular weight excluding hydrogens is 358 g/mol. The van der Waals surface area contributed by atoms with Crippen LogP contribution in [0.25, 0.3) is 0 Å². The van der Waals surface area contributed by atoms with E-state index in [-0.39, 0.29) is 23.4 Å². The lowest BCUT2D eigenvalue weighted by atomic mass is 10.0. The van der Waals surface area contributed by atoms with Gasteiger partial charge in [-0.15, -0.1) is 0 Å². The van der Waals surface area contributed by atoms with Crippen molar-refractivity contribution in [3.8, 4) is 0 Å². The molecule has 0 bridgehead atoms. The molecule has 0 spiro atoms. The highest BCUT2D eigenvalue weighted by Gasteiger charge is 2.23. The normalized spacial score (nSPS) is 11.3. The van der Waals surface area contributed by atoms with Gasteiger partial charge in [0.15, 0.2) is 0 Å². The van der Waals surface area contributed by atoms with Crippen LogP contribution in [0.3, 0.4) is 0 Å². The van der Waals surface area contributed by atoms with Crippen LogP contribution in [0.1, 0.15) is 15.9 Å². The van der Waals surface area contributed by atoms with Crippen LogP contribution in [0, 0.1) is 20.2 Å². The van der Waals surface area contributed by atoms with Gasteiger partial charge in [0.25, 0.3) is 17.3 Å². The molecule has 1 N–H and O–H groups in total. The van der Waals surface area contributed by atoms with Crippen LogP contribution in [0.15, 0.2) is 48.5 Å². The zero-order valence-electron chi connectivity index (χ0n) is 14.2. The van der Waals surface area contributed by atoms with E-state index >= 15 is 0 Å². The molecule has 1 unspecified atom stereocenters. The third-order valence-electron chi connectivity index (χ3n) is 3.72. The Balaban J connectivity index is 2.13. The molecule has 0 radical (unpaired) electrons. The number of carbonyl (C=O) groups excluding carboxylic acids is 2. The fraction of sp³-hybridized carbons (Fsp3) is 0.176. The molecular formula is C17H15N3O7. The largest absolute Gasteiger partial charge is 0.467 e. The van der Waals surface area contributed by atoms with Crippen LogP contribution < -0.4 is 5.32 Å². The van der Waals surface area contributed by atoms with Crippen molar-refractivity contribution in [1.82, 2.24) is 5.32 Å². The van der Waals surface area contributed by atoms with E-state index in [1.807, 2.05) is 0 Å². The van der Waals surface area contributed by atoms with Gasteiger partial charge in [0.1, 0.15) is 6.04 Å². The molecule has 1 amide bonds. The third kappa shape index (κ3) is 5.08. The molecule has 27 heavy (non-hydrogen) atoms. The van der Waals surface area contributed by atoms with E-state index < -0.39 is 27.8 Å². The monoisotopic (exact) mass is 373 g/mol. The Morgan fingerprint density at radius 1 is 0.963 bits per heavy atom. The number of ether oxygens (including phenoxy) is 1. The second kappa shape index (κ2) is 8.52. The first-order valence-corrected chi connectivity index (χ1v) is 7.68. The van der Waals surface area contributed by atoms with Crippen molar-refractivity contribution >= 4 is 23.3 Å². The van der Waals surface area contributed by atoms with Gasteiger partial charge >= 0.3 is 5.97 Å². The molecule has 0 aliphatic heterocycles. The Labute approximate surface area is 153 Å². The first kappa shape index (κ1) is 19.5. The first-order chi connectivity index (χ1) is 12.8. The zero-order valence-corrected chi connectivity index (χ0v) is 14.2. The number of non-ortho nitro benzene ring substituents is 2. The molecule has 0 fully saturated rings. The van der Waals surface area contributed by atoms with Crippen molar-refractivity contribution in [3.63, 3.8) is 0 Å². The highest BCUT2D eigenvalue weighted by molar-refractivity contribution is 5.97. The van der Waals surface area contributed by atoms with Crippen molar-refractivity contribution in [2.45, 2.75) is 12.5 Å². The van der Waals surface area contributed by atoms with Crippen LogP contribution in [0.2, 0.25) is 0 Å². The number of esters is 1. The molecule has 1 atom stereocenters. The summed E-state index contributed by atoms with van der Waals surface area (Å²) in [6.07, 6.45) is 0.0589. The second-order valence-corrected chi connectivity index (χ2v) is 5.48. The molecule has 2 aromatic carbocycles. The maximum absolute atomic E-state index is 12.3. The van der Waals surface area contributed by atoms with E-state index in [9.17, 15) is 29.8 Å². The van der Waals surface area contributed by atoms with Crippen molar-refractivity contribution in [1.29, 1.82) is 0 Å². The lowest BCUT2D eigenvalue weighted by Gasteiger charge is -2.16. The van der Waals surface area contributed by atoms with E-state index in [4.69, 9.17) is 0 Å². The van der Waals surface area contributed by atoms with Crippen LogP contribution in [-0.4, -0.2) is 34.9 Å². The fourth-order valence-corrected chi connectivity index (χ4v) is 2.30. The molecule has 0 saturated carbocycles. The van der Waals surface area contributed by atoms with Gasteiger partial charge in [0.05, 0.1) is 17.0 Å². The van der Waals surface area contributed by atoms with Crippen LogP contribution in [0.5, 0.6) is 0 Å². The summed E-state index contributed by atoms with van der Waals surface area (Å²) in [4.78, 5) is 44.5. The minimum atomic E-state index is -1.03. The summed E-state index contributed by atoms with van der Waals surface area (Å²) < 4.78 is 4.68. The molecule has 0 saturated heterocycles. The number of amides is 1. The summed E-state index contributed by atoms with van der Waals surface area (Å²) in [6.45, 7) is 0. The number of benzene rings is 2. The molecule has 140 valence electrons. The van der Waals surface area contributed by atoms with Gasteiger partial charge in [0, 0.05) is 36.2 Å². The van der Waals surface area contributed by atoms with Crippen LogP contribution >= 0.6 is 0 Å². The molecule has 10 nitrogen and oxygen atoms in total.